The lowest BCUT2D eigenvalue weighted by molar-refractivity contribution is 0.554. The van der Waals surface area contributed by atoms with E-state index in [2.05, 4.69) is 20.8 Å². The van der Waals surface area contributed by atoms with Gasteiger partial charge in [-0.15, -0.1) is 0 Å². The number of rotatable bonds is 36. The lowest BCUT2D eigenvalue weighted by Gasteiger charge is -2.18. The highest BCUT2D eigenvalue weighted by Crippen LogP contribution is 2.31. The summed E-state index contributed by atoms with van der Waals surface area (Å²) < 4.78 is 79.4. The summed E-state index contributed by atoms with van der Waals surface area (Å²) in [4.78, 5) is 0. The number of sulfone groups is 3. The average molecular weight is 712 g/mol. The van der Waals surface area contributed by atoms with Crippen molar-refractivity contribution < 1.29 is 25.3 Å². The molecule has 0 atom stereocenters. The molecule has 0 saturated heterocycles. The van der Waals surface area contributed by atoms with Crippen LogP contribution >= 0.6 is 0 Å². The minimum absolute atomic E-state index is 0.295. The zero-order valence-electron chi connectivity index (χ0n) is 30.5. The van der Waals surface area contributed by atoms with Crippen LogP contribution in [0.25, 0.3) is 0 Å². The third kappa shape index (κ3) is 24.9. The van der Waals surface area contributed by atoms with Crippen LogP contribution in [0.1, 0.15) is 213 Å². The van der Waals surface area contributed by atoms with E-state index in [1.165, 1.54) is 96.3 Å². The summed E-state index contributed by atoms with van der Waals surface area (Å²) in [6.07, 6.45) is 30.4. The summed E-state index contributed by atoms with van der Waals surface area (Å²) in [5, 5.41) is 0. The van der Waals surface area contributed by atoms with Gasteiger partial charge < -0.3 is 0 Å². The van der Waals surface area contributed by atoms with Crippen molar-refractivity contribution in [3.8, 4) is 0 Å². The van der Waals surface area contributed by atoms with Crippen LogP contribution in [0.5, 0.6) is 0 Å². The Morgan fingerprint density at radius 1 is 0.261 bits per heavy atom. The van der Waals surface area contributed by atoms with E-state index in [-0.39, 0.29) is 0 Å². The fourth-order valence-corrected chi connectivity index (χ4v) is 14.6. The second kappa shape index (κ2) is 29.7. The van der Waals surface area contributed by atoms with Crippen molar-refractivity contribution in [2.24, 2.45) is 0 Å². The van der Waals surface area contributed by atoms with Crippen LogP contribution in [-0.4, -0.2) is 42.5 Å². The molecule has 0 saturated carbocycles. The summed E-state index contributed by atoms with van der Waals surface area (Å²) >= 11 is 0. The van der Waals surface area contributed by atoms with E-state index in [9.17, 15) is 25.3 Å². The molecule has 46 heavy (non-hydrogen) atoms. The van der Waals surface area contributed by atoms with Gasteiger partial charge in [-0.2, -0.15) is 0 Å². The molecule has 0 heterocycles. The maximum atomic E-state index is 13.4. The Morgan fingerprint density at radius 3 is 0.587 bits per heavy atom. The summed E-state index contributed by atoms with van der Waals surface area (Å²) in [6, 6.07) is 0. The fourth-order valence-electron chi connectivity index (χ4n) is 6.17. The average Bonchev–Trinajstić information content (AvgIpc) is 2.99. The Labute approximate surface area is 288 Å². The summed E-state index contributed by atoms with van der Waals surface area (Å²) in [5.41, 5.74) is 0. The SMILES string of the molecule is CCCCCCCCCCCCS(=O)(=O)[C](S(=O)(=O)CCCCCCCCCCCC)S(=O)(=O)CCCCCCCCCCCC. The zero-order valence-corrected chi connectivity index (χ0v) is 33.0. The minimum Gasteiger partial charge on any atom is -0.226 e. The molecule has 0 aromatic heterocycles. The van der Waals surface area contributed by atoms with Gasteiger partial charge in [0.2, 0.25) is 0 Å². The van der Waals surface area contributed by atoms with E-state index < -0.39 is 50.7 Å². The van der Waals surface area contributed by atoms with Crippen molar-refractivity contribution in [2.45, 2.75) is 213 Å². The Morgan fingerprint density at radius 2 is 0.413 bits per heavy atom. The van der Waals surface area contributed by atoms with Crippen LogP contribution in [0.3, 0.4) is 0 Å². The van der Waals surface area contributed by atoms with Crippen molar-refractivity contribution in [3.63, 3.8) is 0 Å². The first-order chi connectivity index (χ1) is 22.0. The van der Waals surface area contributed by atoms with Crippen molar-refractivity contribution >= 4 is 29.5 Å². The third-order valence-electron chi connectivity index (χ3n) is 9.06. The van der Waals surface area contributed by atoms with E-state index in [0.29, 0.717) is 38.5 Å². The molecule has 0 aromatic carbocycles. The van der Waals surface area contributed by atoms with Gasteiger partial charge in [-0.25, -0.2) is 25.3 Å². The second-order valence-electron chi connectivity index (χ2n) is 13.8. The van der Waals surface area contributed by atoms with Crippen molar-refractivity contribution in [1.29, 1.82) is 0 Å². The topological polar surface area (TPSA) is 102 Å². The molecule has 0 aliphatic rings. The monoisotopic (exact) mass is 711 g/mol. The second-order valence-corrected chi connectivity index (χ2v) is 20.7. The van der Waals surface area contributed by atoms with Gasteiger partial charge in [0.25, 0.3) is 0 Å². The van der Waals surface area contributed by atoms with Gasteiger partial charge in [-0.1, -0.05) is 194 Å². The first-order valence-electron chi connectivity index (χ1n) is 19.6. The predicted molar refractivity (Wildman–Crippen MR) is 200 cm³/mol. The molecule has 9 heteroatoms. The molecule has 0 fully saturated rings. The highest BCUT2D eigenvalue weighted by Gasteiger charge is 2.48. The van der Waals surface area contributed by atoms with E-state index >= 15 is 0 Å². The Hall–Kier alpha value is -0.150. The molecule has 0 unspecified atom stereocenters. The largest absolute Gasteiger partial charge is 0.319 e. The lowest BCUT2D eigenvalue weighted by atomic mass is 10.1. The fraction of sp³-hybridized carbons (Fsp3) is 0.973. The molecule has 0 N–H and O–H groups in total. The lowest BCUT2D eigenvalue weighted by Crippen LogP contribution is -2.34. The van der Waals surface area contributed by atoms with E-state index in [0.717, 1.165) is 57.8 Å². The van der Waals surface area contributed by atoms with Crippen molar-refractivity contribution in [2.75, 3.05) is 17.3 Å². The van der Waals surface area contributed by atoms with E-state index in [4.69, 9.17) is 0 Å². The van der Waals surface area contributed by atoms with Crippen LogP contribution in [0.4, 0.5) is 0 Å². The van der Waals surface area contributed by atoms with Gasteiger partial charge in [0, 0.05) is 0 Å². The van der Waals surface area contributed by atoms with Gasteiger partial charge in [0.15, 0.2) is 29.5 Å². The summed E-state index contributed by atoms with van der Waals surface area (Å²) in [6.45, 7) is 6.59. The third-order valence-corrected chi connectivity index (χ3v) is 17.6. The smallest absolute Gasteiger partial charge is 0.226 e. The number of unbranched alkanes of at least 4 members (excludes halogenated alkanes) is 27. The normalized spacial score (nSPS) is 12.8. The van der Waals surface area contributed by atoms with Gasteiger partial charge in [0.1, 0.15) is 0 Å². The number of hydrogen-bond donors (Lipinski definition) is 0. The number of hydrogen-bond acceptors (Lipinski definition) is 6. The van der Waals surface area contributed by atoms with Gasteiger partial charge in [-0.3, -0.25) is 0 Å². The predicted octanol–water partition coefficient (Wildman–Crippen LogP) is 11.4. The van der Waals surface area contributed by atoms with Crippen LogP contribution in [0.15, 0.2) is 0 Å². The quantitative estimate of drug-likeness (QED) is 0.0599. The Balaban J connectivity index is 4.98. The van der Waals surface area contributed by atoms with Crippen LogP contribution in [0.2, 0.25) is 0 Å². The molecule has 0 spiro atoms. The standard InChI is InChI=1S/C37H75O6S3/c1-4-7-10-13-16-19-22-25-28-31-34-44(38,39)37(45(40,41)35-32-29-26-23-20-17-14-11-8-5-2)46(42,43)36-33-30-27-24-21-18-15-12-9-6-3/h4-36H2,1-3H3. The first kappa shape index (κ1) is 45.9. The van der Waals surface area contributed by atoms with E-state index in [1.54, 1.807) is 0 Å². The highest BCUT2D eigenvalue weighted by molar-refractivity contribution is 8.28. The zero-order chi connectivity index (χ0) is 34.4. The Kier molecular flexibility index (Phi) is 29.6. The first-order valence-corrected chi connectivity index (χ1v) is 24.6. The molecule has 277 valence electrons. The van der Waals surface area contributed by atoms with Crippen LogP contribution < -0.4 is 0 Å². The molecule has 0 bridgehead atoms. The Bertz CT molecular complexity index is 862. The van der Waals surface area contributed by atoms with Gasteiger partial charge in [-0.05, 0) is 19.3 Å². The molecule has 1 radical (unpaired) electrons. The maximum absolute atomic E-state index is 13.4. The van der Waals surface area contributed by atoms with Gasteiger partial charge in [0.05, 0.1) is 17.3 Å². The highest BCUT2D eigenvalue weighted by atomic mass is 32.3. The molecular formula is C37H75O6S3. The van der Waals surface area contributed by atoms with Crippen LogP contribution in [0, 0.1) is 3.91 Å². The van der Waals surface area contributed by atoms with E-state index in [1.807, 2.05) is 0 Å². The van der Waals surface area contributed by atoms with Gasteiger partial charge >= 0.3 is 3.91 Å². The molecule has 0 rings (SSSR count). The minimum atomic E-state index is -4.43. The summed E-state index contributed by atoms with van der Waals surface area (Å²) in [7, 11) is -13.3. The molecule has 6 nitrogen and oxygen atoms in total. The molecule has 0 aromatic rings. The molecular weight excluding hydrogens is 637 g/mol. The van der Waals surface area contributed by atoms with Crippen molar-refractivity contribution in [1.82, 2.24) is 0 Å². The molecule has 0 aliphatic heterocycles. The van der Waals surface area contributed by atoms with Crippen LogP contribution in [-0.2, 0) is 29.5 Å². The molecule has 0 amide bonds. The molecule has 0 aliphatic carbocycles. The summed E-state index contributed by atoms with van der Waals surface area (Å²) in [5.74, 6) is -1.23. The van der Waals surface area contributed by atoms with Crippen molar-refractivity contribution in [3.05, 3.63) is 3.91 Å². The maximum Gasteiger partial charge on any atom is 0.319 e.